The topological polar surface area (TPSA) is 77.2 Å². The van der Waals surface area contributed by atoms with E-state index in [9.17, 15) is 0 Å². The highest BCUT2D eigenvalue weighted by atomic mass is 16.5. The maximum absolute atomic E-state index is 5.45. The number of nitrogens with zero attached hydrogens (tertiary/aromatic N) is 5. The highest BCUT2D eigenvalue weighted by Crippen LogP contribution is 2.28. The summed E-state index contributed by atoms with van der Waals surface area (Å²) in [7, 11) is 1.79. The fourth-order valence-corrected chi connectivity index (χ4v) is 3.97. The van der Waals surface area contributed by atoms with Gasteiger partial charge in [0.15, 0.2) is 0 Å². The number of rotatable bonds is 4. The first-order valence-corrected chi connectivity index (χ1v) is 9.65. The number of nitrogens with one attached hydrogen (secondary N) is 1. The van der Waals surface area contributed by atoms with E-state index in [2.05, 4.69) is 43.6 Å². The Morgan fingerprint density at radius 2 is 1.82 bits per heavy atom. The van der Waals surface area contributed by atoms with Crippen LogP contribution in [0.1, 0.15) is 25.7 Å². The quantitative estimate of drug-likeness (QED) is 0.587. The van der Waals surface area contributed by atoms with Crippen LogP contribution in [0.3, 0.4) is 0 Å². The second-order valence-electron chi connectivity index (χ2n) is 7.25. The van der Waals surface area contributed by atoms with E-state index in [0.29, 0.717) is 18.1 Å². The Kier molecular flexibility index (Phi) is 4.37. The van der Waals surface area contributed by atoms with Crippen molar-refractivity contribution in [1.29, 1.82) is 0 Å². The molecule has 0 atom stereocenters. The third kappa shape index (κ3) is 3.18. The predicted octanol–water partition coefficient (Wildman–Crippen LogP) is 3.71. The lowest BCUT2D eigenvalue weighted by Crippen LogP contribution is -2.30. The summed E-state index contributed by atoms with van der Waals surface area (Å²) >= 11 is 0. The van der Waals surface area contributed by atoms with Gasteiger partial charge in [0.05, 0.1) is 28.9 Å². The molecule has 0 saturated heterocycles. The first-order chi connectivity index (χ1) is 13.8. The minimum atomic E-state index is 0.389. The first kappa shape index (κ1) is 17.1. The molecule has 3 heterocycles. The van der Waals surface area contributed by atoms with E-state index < -0.39 is 0 Å². The van der Waals surface area contributed by atoms with Gasteiger partial charge in [-0.15, -0.1) is 5.10 Å². The third-order valence-corrected chi connectivity index (χ3v) is 5.54. The molecule has 0 aliphatic heterocycles. The molecule has 0 unspecified atom stereocenters. The van der Waals surface area contributed by atoms with Gasteiger partial charge < -0.3 is 10.1 Å². The molecule has 4 aromatic rings. The zero-order valence-corrected chi connectivity index (χ0v) is 15.7. The molecule has 1 aromatic carbocycles. The minimum Gasteiger partial charge on any atom is -0.381 e. The van der Waals surface area contributed by atoms with Crippen molar-refractivity contribution in [2.45, 2.75) is 37.8 Å². The van der Waals surface area contributed by atoms with Crippen LogP contribution in [0.25, 0.3) is 27.7 Å². The van der Waals surface area contributed by atoms with Gasteiger partial charge in [-0.1, -0.05) is 6.07 Å². The minimum absolute atomic E-state index is 0.389. The Balaban J connectivity index is 1.40. The molecule has 1 fully saturated rings. The SMILES string of the molecule is COC1CCC(Nc2ncc3c(-c4ccc5nccnc5c4)ccn3n2)CC1. The van der Waals surface area contributed by atoms with Crippen molar-refractivity contribution < 1.29 is 4.74 Å². The van der Waals surface area contributed by atoms with E-state index in [1.807, 2.05) is 23.0 Å². The van der Waals surface area contributed by atoms with Gasteiger partial charge >= 0.3 is 0 Å². The zero-order chi connectivity index (χ0) is 18.9. The highest BCUT2D eigenvalue weighted by molar-refractivity contribution is 5.86. The molecular weight excluding hydrogens is 352 g/mol. The Morgan fingerprint density at radius 1 is 1.00 bits per heavy atom. The molecule has 0 amide bonds. The van der Waals surface area contributed by atoms with Crippen LogP contribution in [0.4, 0.5) is 5.95 Å². The molecular formula is C21H22N6O. The number of anilines is 1. The van der Waals surface area contributed by atoms with Crippen LogP contribution < -0.4 is 5.32 Å². The Labute approximate surface area is 162 Å². The molecule has 142 valence electrons. The summed E-state index contributed by atoms with van der Waals surface area (Å²) in [6.45, 7) is 0. The number of fused-ring (bicyclic) bond motifs is 2. The molecule has 1 aliphatic rings. The Bertz CT molecular complexity index is 1120. The van der Waals surface area contributed by atoms with Gasteiger partial charge in [0, 0.05) is 37.3 Å². The molecule has 5 rings (SSSR count). The zero-order valence-electron chi connectivity index (χ0n) is 15.7. The lowest BCUT2D eigenvalue weighted by atomic mass is 9.93. The molecule has 1 saturated carbocycles. The highest BCUT2D eigenvalue weighted by Gasteiger charge is 2.21. The van der Waals surface area contributed by atoms with Gasteiger partial charge in [-0.25, -0.2) is 9.50 Å². The number of hydrogen-bond donors (Lipinski definition) is 1. The van der Waals surface area contributed by atoms with Crippen LogP contribution in [-0.2, 0) is 4.74 Å². The summed E-state index contributed by atoms with van der Waals surface area (Å²) in [6, 6.07) is 8.58. The van der Waals surface area contributed by atoms with E-state index in [1.54, 1.807) is 19.5 Å². The summed E-state index contributed by atoms with van der Waals surface area (Å²) in [5.41, 5.74) is 4.90. The lowest BCUT2D eigenvalue weighted by Gasteiger charge is -2.28. The molecule has 7 nitrogen and oxygen atoms in total. The fourth-order valence-electron chi connectivity index (χ4n) is 3.97. The van der Waals surface area contributed by atoms with E-state index in [-0.39, 0.29) is 0 Å². The maximum atomic E-state index is 5.45. The van der Waals surface area contributed by atoms with E-state index in [1.165, 1.54) is 0 Å². The van der Waals surface area contributed by atoms with Crippen molar-refractivity contribution in [3.63, 3.8) is 0 Å². The van der Waals surface area contributed by atoms with Crippen molar-refractivity contribution in [3.05, 3.63) is 49.1 Å². The van der Waals surface area contributed by atoms with E-state index >= 15 is 0 Å². The third-order valence-electron chi connectivity index (χ3n) is 5.54. The molecule has 28 heavy (non-hydrogen) atoms. The van der Waals surface area contributed by atoms with Crippen LogP contribution >= 0.6 is 0 Å². The number of ether oxygens (including phenoxy) is 1. The second-order valence-corrected chi connectivity index (χ2v) is 7.25. The first-order valence-electron chi connectivity index (χ1n) is 9.65. The molecule has 1 N–H and O–H groups in total. The molecule has 1 aliphatic carbocycles. The summed E-state index contributed by atoms with van der Waals surface area (Å²) in [4.78, 5) is 13.3. The summed E-state index contributed by atoms with van der Waals surface area (Å²) in [5, 5.41) is 8.13. The molecule has 7 heteroatoms. The van der Waals surface area contributed by atoms with Crippen LogP contribution in [0.2, 0.25) is 0 Å². The Morgan fingerprint density at radius 3 is 2.64 bits per heavy atom. The maximum Gasteiger partial charge on any atom is 0.241 e. The summed E-state index contributed by atoms with van der Waals surface area (Å²) in [5.74, 6) is 0.667. The van der Waals surface area contributed by atoms with Crippen molar-refractivity contribution in [3.8, 4) is 11.1 Å². The molecule has 0 radical (unpaired) electrons. The van der Waals surface area contributed by atoms with Crippen molar-refractivity contribution in [1.82, 2.24) is 24.6 Å². The van der Waals surface area contributed by atoms with Crippen LogP contribution in [-0.4, -0.2) is 43.8 Å². The van der Waals surface area contributed by atoms with Crippen molar-refractivity contribution >= 4 is 22.5 Å². The average Bonchev–Trinajstić information content (AvgIpc) is 3.17. The summed E-state index contributed by atoms with van der Waals surface area (Å²) < 4.78 is 7.33. The van der Waals surface area contributed by atoms with Gasteiger partial charge in [-0.05, 0) is 49.4 Å². The van der Waals surface area contributed by atoms with Gasteiger partial charge in [0.2, 0.25) is 5.95 Å². The number of aromatic nitrogens is 5. The van der Waals surface area contributed by atoms with Crippen molar-refractivity contribution in [2.75, 3.05) is 12.4 Å². The van der Waals surface area contributed by atoms with Gasteiger partial charge in [0.25, 0.3) is 0 Å². The summed E-state index contributed by atoms with van der Waals surface area (Å²) in [6.07, 6.45) is 12.0. The normalized spacial score (nSPS) is 19.9. The van der Waals surface area contributed by atoms with Crippen LogP contribution in [0.15, 0.2) is 49.1 Å². The lowest BCUT2D eigenvalue weighted by molar-refractivity contribution is 0.0681. The Hall–Kier alpha value is -3.06. The van der Waals surface area contributed by atoms with E-state index in [4.69, 9.17) is 4.74 Å². The monoisotopic (exact) mass is 374 g/mol. The van der Waals surface area contributed by atoms with Gasteiger partial charge in [0.1, 0.15) is 0 Å². The van der Waals surface area contributed by atoms with Crippen molar-refractivity contribution in [2.24, 2.45) is 0 Å². The second kappa shape index (κ2) is 7.16. The number of benzene rings is 1. The largest absolute Gasteiger partial charge is 0.381 e. The number of hydrogen-bond acceptors (Lipinski definition) is 6. The van der Waals surface area contributed by atoms with E-state index in [0.717, 1.165) is 53.4 Å². The molecule has 0 spiro atoms. The van der Waals surface area contributed by atoms with Gasteiger partial charge in [-0.3, -0.25) is 9.97 Å². The number of methoxy groups -OCH3 is 1. The average molecular weight is 374 g/mol. The molecule has 3 aromatic heterocycles. The standard InChI is InChI=1S/C21H22N6O/c1-28-16-5-3-15(4-6-16)25-21-24-13-20-17(8-11-27(20)26-21)14-2-7-18-19(12-14)23-10-9-22-18/h2,7-13,15-16H,3-6H2,1H3,(H,25,26). The molecule has 0 bridgehead atoms. The fraction of sp³-hybridized carbons (Fsp3) is 0.333. The predicted molar refractivity (Wildman–Crippen MR) is 108 cm³/mol. The van der Waals surface area contributed by atoms with Crippen LogP contribution in [0.5, 0.6) is 0 Å². The smallest absolute Gasteiger partial charge is 0.241 e. The van der Waals surface area contributed by atoms with Gasteiger partial charge in [-0.2, -0.15) is 0 Å². The van der Waals surface area contributed by atoms with Crippen LogP contribution in [0, 0.1) is 0 Å².